The lowest BCUT2D eigenvalue weighted by Crippen LogP contribution is -2.29. The van der Waals surface area contributed by atoms with E-state index in [4.69, 9.17) is 0 Å². The van der Waals surface area contributed by atoms with E-state index in [0.29, 0.717) is 5.56 Å². The molecule has 2 unspecified atom stereocenters. The molecule has 1 aliphatic heterocycles. The van der Waals surface area contributed by atoms with Gasteiger partial charge in [-0.1, -0.05) is 6.07 Å². The molecular weight excluding hydrogens is 238 g/mol. The van der Waals surface area contributed by atoms with Gasteiger partial charge in [-0.3, -0.25) is 0 Å². The Hall–Kier alpha value is -1.76. The Balaban J connectivity index is 2.29. The number of esters is 2. The van der Waals surface area contributed by atoms with E-state index in [9.17, 15) is 19.8 Å². The van der Waals surface area contributed by atoms with Gasteiger partial charge in [-0.25, -0.2) is 9.59 Å². The van der Waals surface area contributed by atoms with Crippen molar-refractivity contribution in [3.8, 4) is 0 Å². The first-order valence-corrected chi connectivity index (χ1v) is 5.45. The van der Waals surface area contributed by atoms with E-state index in [-0.39, 0.29) is 17.7 Å². The second-order valence-corrected chi connectivity index (χ2v) is 4.05. The van der Waals surface area contributed by atoms with Crippen LogP contribution >= 0.6 is 0 Å². The van der Waals surface area contributed by atoms with E-state index in [0.717, 1.165) is 0 Å². The number of aliphatic hydroxyl groups excluding tert-OH is 2. The fourth-order valence-corrected chi connectivity index (χ4v) is 1.83. The molecule has 0 aliphatic carbocycles. The number of cyclic esters (lactones) is 2. The van der Waals surface area contributed by atoms with Gasteiger partial charge in [0.1, 0.15) is 6.10 Å². The van der Waals surface area contributed by atoms with Crippen LogP contribution in [0.2, 0.25) is 0 Å². The number of fused-ring (bicyclic) bond motifs is 1. The number of likely N-dealkylation sites (N-methyl/N-ethyl adjacent to an activating group) is 1. The summed E-state index contributed by atoms with van der Waals surface area (Å²) < 4.78 is 4.44. The van der Waals surface area contributed by atoms with Crippen LogP contribution in [0, 0.1) is 0 Å². The lowest BCUT2D eigenvalue weighted by atomic mass is 9.99. The van der Waals surface area contributed by atoms with E-state index in [1.165, 1.54) is 18.2 Å². The number of hydrogen-bond donors (Lipinski definition) is 3. The van der Waals surface area contributed by atoms with Gasteiger partial charge in [0.05, 0.1) is 17.2 Å². The smallest absolute Gasteiger partial charge is 0.346 e. The monoisotopic (exact) mass is 251 g/mol. The Morgan fingerprint density at radius 3 is 2.56 bits per heavy atom. The minimum absolute atomic E-state index is 0.119. The normalized spacial score (nSPS) is 17.3. The summed E-state index contributed by atoms with van der Waals surface area (Å²) in [5.41, 5.74) is 0.662. The Morgan fingerprint density at radius 2 is 1.89 bits per heavy atom. The van der Waals surface area contributed by atoms with Crippen molar-refractivity contribution >= 4 is 11.9 Å². The van der Waals surface area contributed by atoms with Gasteiger partial charge in [0.15, 0.2) is 0 Å². The average molecular weight is 251 g/mol. The van der Waals surface area contributed by atoms with Crippen LogP contribution in [0.4, 0.5) is 0 Å². The van der Waals surface area contributed by atoms with Crippen LogP contribution in [0.3, 0.4) is 0 Å². The number of nitrogens with one attached hydrogen (secondary N) is 1. The molecule has 1 aromatic rings. The Kier molecular flexibility index (Phi) is 3.42. The maximum absolute atomic E-state index is 11.3. The van der Waals surface area contributed by atoms with Crippen LogP contribution in [0.25, 0.3) is 0 Å². The molecule has 1 aliphatic rings. The average Bonchev–Trinajstić information content (AvgIpc) is 2.64. The zero-order valence-corrected chi connectivity index (χ0v) is 9.71. The number of hydrogen-bond acceptors (Lipinski definition) is 6. The van der Waals surface area contributed by atoms with Crippen molar-refractivity contribution in [3.05, 3.63) is 34.9 Å². The summed E-state index contributed by atoms with van der Waals surface area (Å²) in [5.74, 6) is -1.42. The van der Waals surface area contributed by atoms with Crippen molar-refractivity contribution in [3.63, 3.8) is 0 Å². The molecule has 18 heavy (non-hydrogen) atoms. The number of carbonyl (C=O) groups is 2. The molecule has 0 aromatic heterocycles. The summed E-state index contributed by atoms with van der Waals surface area (Å²) in [6.07, 6.45) is -2.13. The second kappa shape index (κ2) is 4.85. The zero-order chi connectivity index (χ0) is 13.3. The molecule has 2 atom stereocenters. The van der Waals surface area contributed by atoms with E-state index < -0.39 is 24.1 Å². The number of rotatable bonds is 4. The summed E-state index contributed by atoms with van der Waals surface area (Å²) >= 11 is 0. The summed E-state index contributed by atoms with van der Waals surface area (Å²) in [6.45, 7) is 0.210. The standard InChI is InChI=1S/C12H13NO5/c1-13-5-9(14)10(15)6-2-3-7-8(4-6)12(17)18-11(7)16/h2-4,9-10,13-15H,5H2,1H3. The van der Waals surface area contributed by atoms with E-state index >= 15 is 0 Å². The second-order valence-electron chi connectivity index (χ2n) is 4.05. The first-order chi connectivity index (χ1) is 8.54. The highest BCUT2D eigenvalue weighted by atomic mass is 16.6. The molecular formula is C12H13NO5. The van der Waals surface area contributed by atoms with Crippen LogP contribution < -0.4 is 5.32 Å². The van der Waals surface area contributed by atoms with Crippen molar-refractivity contribution in [2.45, 2.75) is 12.2 Å². The fraction of sp³-hybridized carbons (Fsp3) is 0.333. The van der Waals surface area contributed by atoms with E-state index in [1.54, 1.807) is 7.05 Å². The highest BCUT2D eigenvalue weighted by Crippen LogP contribution is 2.25. The molecule has 6 nitrogen and oxygen atoms in total. The van der Waals surface area contributed by atoms with Crippen molar-refractivity contribution in [1.29, 1.82) is 0 Å². The molecule has 0 saturated heterocycles. The number of aliphatic hydroxyl groups is 2. The van der Waals surface area contributed by atoms with Gasteiger partial charge >= 0.3 is 11.9 Å². The maximum Gasteiger partial charge on any atom is 0.346 e. The Bertz CT molecular complexity index is 499. The maximum atomic E-state index is 11.3. The Morgan fingerprint density at radius 1 is 1.22 bits per heavy atom. The lowest BCUT2D eigenvalue weighted by Gasteiger charge is -2.17. The first-order valence-electron chi connectivity index (χ1n) is 5.45. The molecule has 96 valence electrons. The molecule has 1 heterocycles. The van der Waals surface area contributed by atoms with Crippen molar-refractivity contribution < 1.29 is 24.5 Å². The third-order valence-corrected chi connectivity index (χ3v) is 2.79. The van der Waals surface area contributed by atoms with Crippen molar-refractivity contribution in [2.75, 3.05) is 13.6 Å². The molecule has 1 aromatic carbocycles. The molecule has 0 saturated carbocycles. The number of benzene rings is 1. The number of carbonyl (C=O) groups excluding carboxylic acids is 2. The van der Waals surface area contributed by atoms with Gasteiger partial charge in [-0.2, -0.15) is 0 Å². The third kappa shape index (κ3) is 2.13. The highest BCUT2D eigenvalue weighted by molar-refractivity contribution is 6.14. The topological polar surface area (TPSA) is 95.9 Å². The molecule has 6 heteroatoms. The summed E-state index contributed by atoms with van der Waals surface area (Å²) in [6, 6.07) is 4.27. The first kappa shape index (κ1) is 12.7. The summed E-state index contributed by atoms with van der Waals surface area (Å²) in [7, 11) is 1.65. The van der Waals surface area contributed by atoms with Gasteiger partial charge in [-0.15, -0.1) is 0 Å². The van der Waals surface area contributed by atoms with Crippen LogP contribution in [0.1, 0.15) is 32.4 Å². The number of ether oxygens (including phenoxy) is 1. The third-order valence-electron chi connectivity index (χ3n) is 2.79. The minimum Gasteiger partial charge on any atom is -0.389 e. The quantitative estimate of drug-likeness (QED) is 0.498. The molecule has 0 spiro atoms. The predicted octanol–water partition coefficient (Wildman–Crippen LogP) is -0.389. The van der Waals surface area contributed by atoms with Gasteiger partial charge < -0.3 is 20.3 Å². The highest BCUT2D eigenvalue weighted by Gasteiger charge is 2.31. The van der Waals surface area contributed by atoms with Gasteiger partial charge in [0.2, 0.25) is 0 Å². The molecule has 2 rings (SSSR count). The van der Waals surface area contributed by atoms with Crippen LogP contribution in [-0.2, 0) is 4.74 Å². The van der Waals surface area contributed by atoms with Crippen molar-refractivity contribution in [2.24, 2.45) is 0 Å². The Labute approximate surface area is 103 Å². The zero-order valence-electron chi connectivity index (χ0n) is 9.71. The van der Waals surface area contributed by atoms with Gasteiger partial charge in [0.25, 0.3) is 0 Å². The largest absolute Gasteiger partial charge is 0.389 e. The van der Waals surface area contributed by atoms with Crippen LogP contribution in [0.15, 0.2) is 18.2 Å². The van der Waals surface area contributed by atoms with Crippen molar-refractivity contribution in [1.82, 2.24) is 5.32 Å². The lowest BCUT2D eigenvalue weighted by molar-refractivity contribution is 0.0202. The molecule has 3 N–H and O–H groups in total. The van der Waals surface area contributed by atoms with E-state index in [1.807, 2.05) is 0 Å². The predicted molar refractivity (Wildman–Crippen MR) is 61.1 cm³/mol. The minimum atomic E-state index is -1.13. The van der Waals surface area contributed by atoms with E-state index in [2.05, 4.69) is 10.1 Å². The van der Waals surface area contributed by atoms with Gasteiger partial charge in [-0.05, 0) is 24.7 Å². The van der Waals surface area contributed by atoms with Crippen LogP contribution in [0.5, 0.6) is 0 Å². The molecule has 0 fully saturated rings. The molecule has 0 amide bonds. The summed E-state index contributed by atoms with van der Waals surface area (Å²) in [5, 5.41) is 22.2. The molecule has 0 bridgehead atoms. The molecule has 0 radical (unpaired) electrons. The van der Waals surface area contributed by atoms with Gasteiger partial charge in [0, 0.05) is 6.54 Å². The SMILES string of the molecule is CNCC(O)C(O)c1ccc2c(c1)C(=O)OC2=O. The van der Waals surface area contributed by atoms with Crippen LogP contribution in [-0.4, -0.2) is 41.8 Å². The summed E-state index contributed by atoms with van der Waals surface area (Å²) in [4.78, 5) is 22.6. The fourth-order valence-electron chi connectivity index (χ4n) is 1.83.